The van der Waals surface area contributed by atoms with Crippen molar-refractivity contribution < 1.29 is 14.0 Å². The Balaban J connectivity index is 1.85. The van der Waals surface area contributed by atoms with Gasteiger partial charge < -0.3 is 10.6 Å². The van der Waals surface area contributed by atoms with Gasteiger partial charge in [0.05, 0.1) is 12.2 Å². The summed E-state index contributed by atoms with van der Waals surface area (Å²) in [6.45, 7) is 7.26. The summed E-state index contributed by atoms with van der Waals surface area (Å²) in [5.74, 6) is -0.673. The zero-order valence-corrected chi connectivity index (χ0v) is 14.6. The van der Waals surface area contributed by atoms with Crippen LogP contribution in [0.1, 0.15) is 33.6 Å². The minimum Gasteiger partial charge on any atom is -0.352 e. The molecule has 1 atom stereocenters. The van der Waals surface area contributed by atoms with E-state index in [1.54, 1.807) is 12.1 Å². The second-order valence-corrected chi connectivity index (χ2v) is 7.33. The van der Waals surface area contributed by atoms with Gasteiger partial charge in [0.2, 0.25) is 11.8 Å². The molecule has 5 nitrogen and oxygen atoms in total. The molecule has 0 spiro atoms. The fourth-order valence-electron chi connectivity index (χ4n) is 2.67. The summed E-state index contributed by atoms with van der Waals surface area (Å²) in [6, 6.07) is 6.16. The molecular weight excluding hydrogens is 309 g/mol. The van der Waals surface area contributed by atoms with Crippen LogP contribution in [0.2, 0.25) is 0 Å². The number of amides is 2. The minimum atomic E-state index is -0.445. The zero-order valence-electron chi connectivity index (χ0n) is 14.6. The smallest absolute Gasteiger partial charge is 0.238 e. The van der Waals surface area contributed by atoms with Crippen LogP contribution in [0.25, 0.3) is 0 Å². The lowest BCUT2D eigenvalue weighted by molar-refractivity contribution is -0.129. The number of rotatable bonds is 4. The maximum absolute atomic E-state index is 13.6. The van der Waals surface area contributed by atoms with Crippen LogP contribution in [0.5, 0.6) is 0 Å². The normalized spacial score (nSPS) is 18.9. The Morgan fingerprint density at radius 1 is 1.29 bits per heavy atom. The number of nitrogens with one attached hydrogen (secondary N) is 2. The lowest BCUT2D eigenvalue weighted by Gasteiger charge is -2.34. The van der Waals surface area contributed by atoms with Crippen LogP contribution in [0.3, 0.4) is 0 Å². The van der Waals surface area contributed by atoms with Crippen LogP contribution in [0.4, 0.5) is 10.1 Å². The number of para-hydroxylation sites is 1. The van der Waals surface area contributed by atoms with Gasteiger partial charge in [-0.25, -0.2) is 4.39 Å². The van der Waals surface area contributed by atoms with Gasteiger partial charge in [0.25, 0.3) is 0 Å². The summed E-state index contributed by atoms with van der Waals surface area (Å²) in [5, 5.41) is 5.64. The third kappa shape index (κ3) is 5.30. The van der Waals surface area contributed by atoms with Gasteiger partial charge in [-0.1, -0.05) is 32.9 Å². The number of piperidine rings is 1. The molecule has 0 saturated carbocycles. The molecule has 2 amide bonds. The van der Waals surface area contributed by atoms with Gasteiger partial charge in [-0.3, -0.25) is 14.5 Å². The van der Waals surface area contributed by atoms with Crippen molar-refractivity contribution in [3.8, 4) is 0 Å². The molecule has 132 valence electrons. The highest BCUT2D eigenvalue weighted by molar-refractivity contribution is 5.92. The quantitative estimate of drug-likeness (QED) is 0.888. The standard InChI is InChI=1S/C18H26FN3O2/c1-18(2,3)17(24)20-13-7-6-10-22(11-13)12-16(23)21-15-9-5-4-8-14(15)19/h4-5,8-9,13H,6-7,10-12H2,1-3H3,(H,20,24)(H,21,23). The van der Waals surface area contributed by atoms with Gasteiger partial charge in [-0.05, 0) is 31.5 Å². The van der Waals surface area contributed by atoms with Gasteiger partial charge in [0, 0.05) is 18.0 Å². The average molecular weight is 335 g/mol. The van der Waals surface area contributed by atoms with Gasteiger partial charge in [0.15, 0.2) is 0 Å². The molecule has 2 N–H and O–H groups in total. The predicted octanol–water partition coefficient (Wildman–Crippen LogP) is 2.39. The number of likely N-dealkylation sites (tertiary alicyclic amines) is 1. The number of hydrogen-bond donors (Lipinski definition) is 2. The Kier molecular flexibility index (Phi) is 5.94. The first-order valence-corrected chi connectivity index (χ1v) is 8.33. The predicted molar refractivity (Wildman–Crippen MR) is 92.1 cm³/mol. The Hall–Kier alpha value is -1.95. The first kappa shape index (κ1) is 18.4. The van der Waals surface area contributed by atoms with Gasteiger partial charge in [-0.15, -0.1) is 0 Å². The molecule has 1 heterocycles. The topological polar surface area (TPSA) is 61.4 Å². The SMILES string of the molecule is CC(C)(C)C(=O)NC1CCCN(CC(=O)Nc2ccccc2F)C1. The van der Waals surface area contributed by atoms with Crippen LogP contribution in [0, 0.1) is 11.2 Å². The molecule has 0 radical (unpaired) electrons. The molecule has 0 bridgehead atoms. The van der Waals surface area contributed by atoms with Gasteiger partial charge in [-0.2, -0.15) is 0 Å². The Morgan fingerprint density at radius 3 is 2.67 bits per heavy atom. The Morgan fingerprint density at radius 2 is 2.00 bits per heavy atom. The summed E-state index contributed by atoms with van der Waals surface area (Å²) in [7, 11) is 0. The summed E-state index contributed by atoms with van der Waals surface area (Å²) in [6.07, 6.45) is 1.83. The first-order chi connectivity index (χ1) is 11.3. The highest BCUT2D eigenvalue weighted by atomic mass is 19.1. The number of hydrogen-bond acceptors (Lipinski definition) is 3. The lowest BCUT2D eigenvalue weighted by atomic mass is 9.94. The van der Waals surface area contributed by atoms with E-state index in [9.17, 15) is 14.0 Å². The second kappa shape index (κ2) is 7.75. The van der Waals surface area contributed by atoms with Gasteiger partial charge >= 0.3 is 0 Å². The van der Waals surface area contributed by atoms with E-state index < -0.39 is 11.2 Å². The summed E-state index contributed by atoms with van der Waals surface area (Å²) < 4.78 is 13.6. The molecule has 1 aliphatic heterocycles. The molecule has 6 heteroatoms. The van der Waals surface area contributed by atoms with Crippen LogP contribution in [-0.4, -0.2) is 42.4 Å². The highest BCUT2D eigenvalue weighted by Gasteiger charge is 2.27. The third-order valence-corrected chi connectivity index (χ3v) is 4.04. The Bertz CT molecular complexity index is 598. The van der Waals surface area contributed by atoms with Crippen molar-refractivity contribution in [3.63, 3.8) is 0 Å². The van der Waals surface area contributed by atoms with Crippen molar-refractivity contribution in [3.05, 3.63) is 30.1 Å². The summed E-state index contributed by atoms with van der Waals surface area (Å²) in [4.78, 5) is 26.2. The average Bonchev–Trinajstić information content (AvgIpc) is 2.49. The van der Waals surface area contributed by atoms with Crippen molar-refractivity contribution in [2.24, 2.45) is 5.41 Å². The molecule has 1 aromatic carbocycles. The number of nitrogens with zero attached hydrogens (tertiary/aromatic N) is 1. The molecular formula is C18H26FN3O2. The van der Waals surface area contributed by atoms with E-state index >= 15 is 0 Å². The molecule has 1 unspecified atom stereocenters. The molecule has 0 aliphatic carbocycles. The highest BCUT2D eigenvalue weighted by Crippen LogP contribution is 2.17. The minimum absolute atomic E-state index is 0.0187. The maximum atomic E-state index is 13.6. The van der Waals surface area contributed by atoms with Crippen LogP contribution in [0.15, 0.2) is 24.3 Å². The second-order valence-electron chi connectivity index (χ2n) is 7.33. The molecule has 1 aliphatic rings. The van der Waals surface area contributed by atoms with Crippen molar-refractivity contribution >= 4 is 17.5 Å². The number of carbonyl (C=O) groups is 2. The van der Waals surface area contributed by atoms with E-state index in [0.717, 1.165) is 19.4 Å². The van der Waals surface area contributed by atoms with Crippen molar-refractivity contribution in [2.75, 3.05) is 25.0 Å². The number of anilines is 1. The van der Waals surface area contributed by atoms with Gasteiger partial charge in [0.1, 0.15) is 5.82 Å². The number of benzene rings is 1. The fourth-order valence-corrected chi connectivity index (χ4v) is 2.67. The summed E-state index contributed by atoms with van der Waals surface area (Å²) in [5.41, 5.74) is -0.234. The van der Waals surface area contributed by atoms with Crippen molar-refractivity contribution in [2.45, 2.75) is 39.7 Å². The van der Waals surface area contributed by atoms with E-state index in [1.165, 1.54) is 12.1 Å². The molecule has 0 aromatic heterocycles. The zero-order chi connectivity index (χ0) is 17.7. The lowest BCUT2D eigenvalue weighted by Crippen LogP contribution is -2.51. The number of halogens is 1. The van der Waals surface area contributed by atoms with E-state index in [1.807, 2.05) is 25.7 Å². The van der Waals surface area contributed by atoms with Crippen LogP contribution >= 0.6 is 0 Å². The maximum Gasteiger partial charge on any atom is 0.238 e. The summed E-state index contributed by atoms with van der Waals surface area (Å²) >= 11 is 0. The molecule has 24 heavy (non-hydrogen) atoms. The van der Waals surface area contributed by atoms with Crippen LogP contribution in [-0.2, 0) is 9.59 Å². The Labute approximate surface area is 142 Å². The first-order valence-electron chi connectivity index (χ1n) is 8.33. The van der Waals surface area contributed by atoms with E-state index in [4.69, 9.17) is 0 Å². The molecule has 1 aromatic rings. The van der Waals surface area contributed by atoms with Crippen molar-refractivity contribution in [1.29, 1.82) is 0 Å². The fraction of sp³-hybridized carbons (Fsp3) is 0.556. The molecule has 1 saturated heterocycles. The van der Waals surface area contributed by atoms with Crippen LogP contribution < -0.4 is 10.6 Å². The third-order valence-electron chi connectivity index (χ3n) is 4.04. The number of carbonyl (C=O) groups excluding carboxylic acids is 2. The van der Waals surface area contributed by atoms with E-state index in [2.05, 4.69) is 10.6 Å². The van der Waals surface area contributed by atoms with E-state index in [0.29, 0.717) is 6.54 Å². The van der Waals surface area contributed by atoms with E-state index in [-0.39, 0.29) is 30.1 Å². The largest absolute Gasteiger partial charge is 0.352 e. The van der Waals surface area contributed by atoms with Crippen molar-refractivity contribution in [1.82, 2.24) is 10.2 Å². The molecule has 1 fully saturated rings. The molecule has 2 rings (SSSR count). The monoisotopic (exact) mass is 335 g/mol.